The molecule has 5 heteroatoms. The molecule has 54 heavy (non-hydrogen) atoms. The molecular weight excluding hydrogens is 669 g/mol. The number of esters is 2. The molecule has 0 rings (SSSR count). The van der Waals surface area contributed by atoms with E-state index in [-0.39, 0.29) is 24.1 Å². The fourth-order valence-electron chi connectivity index (χ4n) is 7.51. The first-order valence-electron chi connectivity index (χ1n) is 23.9. The Morgan fingerprint density at radius 3 is 0.944 bits per heavy atom. The first kappa shape index (κ1) is 52.6. The predicted octanol–water partition coefficient (Wildman–Crippen LogP) is 15.8. The van der Waals surface area contributed by atoms with Gasteiger partial charge in [0.1, 0.15) is 18.0 Å². The Morgan fingerprint density at radius 2 is 0.630 bits per heavy atom. The number of ketones is 1. The molecule has 0 fully saturated rings. The number of ether oxygens (including phenoxy) is 2. The monoisotopic (exact) mass is 763 g/mol. The average Bonchev–Trinajstić information content (AvgIpc) is 3.13. The van der Waals surface area contributed by atoms with Gasteiger partial charge >= 0.3 is 11.9 Å². The maximum atomic E-state index is 13.3. The minimum absolute atomic E-state index is 0.0446. The highest BCUT2D eigenvalue weighted by atomic mass is 16.5. The second-order valence-electron chi connectivity index (χ2n) is 18.3. The molecule has 0 radical (unpaired) electrons. The van der Waals surface area contributed by atoms with Gasteiger partial charge in [-0.05, 0) is 105 Å². The van der Waals surface area contributed by atoms with E-state index < -0.39 is 10.8 Å². The highest BCUT2D eigenvalue weighted by Gasteiger charge is 2.32. The molecule has 0 aliphatic heterocycles. The molecule has 0 heterocycles. The zero-order chi connectivity index (χ0) is 40.3. The van der Waals surface area contributed by atoms with Crippen molar-refractivity contribution in [1.82, 2.24) is 0 Å². The number of hydrogen-bond acceptors (Lipinski definition) is 5. The summed E-state index contributed by atoms with van der Waals surface area (Å²) in [6, 6.07) is 0. The number of rotatable bonds is 40. The summed E-state index contributed by atoms with van der Waals surface area (Å²) in [7, 11) is 0. The molecule has 0 aromatic carbocycles. The van der Waals surface area contributed by atoms with E-state index in [0.29, 0.717) is 18.6 Å². The van der Waals surface area contributed by atoms with Gasteiger partial charge in [0.05, 0.1) is 10.8 Å². The molecule has 0 aromatic rings. The molecule has 0 aromatic heterocycles. The molecule has 2 atom stereocenters. The third kappa shape index (κ3) is 29.8. The molecule has 0 amide bonds. The Kier molecular flexibility index (Phi) is 33.9. The highest BCUT2D eigenvalue weighted by Crippen LogP contribution is 2.30. The topological polar surface area (TPSA) is 69.7 Å². The molecule has 320 valence electrons. The van der Waals surface area contributed by atoms with Gasteiger partial charge in [0.2, 0.25) is 0 Å². The second kappa shape index (κ2) is 34.8. The maximum Gasteiger partial charge on any atom is 0.311 e. The summed E-state index contributed by atoms with van der Waals surface area (Å²) >= 11 is 0. The van der Waals surface area contributed by atoms with Crippen molar-refractivity contribution in [2.45, 2.75) is 286 Å². The van der Waals surface area contributed by atoms with Gasteiger partial charge in [0.25, 0.3) is 0 Å². The number of carbonyl (C=O) groups excluding carboxylic acids is 3. The van der Waals surface area contributed by atoms with Crippen LogP contribution in [0, 0.1) is 10.8 Å². The van der Waals surface area contributed by atoms with Gasteiger partial charge in [-0.2, -0.15) is 0 Å². The van der Waals surface area contributed by atoms with E-state index in [9.17, 15) is 14.4 Å². The Hall–Kier alpha value is -1.39. The minimum atomic E-state index is -0.490. The van der Waals surface area contributed by atoms with Gasteiger partial charge in [-0.25, -0.2) is 0 Å². The van der Waals surface area contributed by atoms with Crippen molar-refractivity contribution in [2.24, 2.45) is 10.8 Å². The summed E-state index contributed by atoms with van der Waals surface area (Å²) in [4.78, 5) is 39.2. The summed E-state index contributed by atoms with van der Waals surface area (Å²) in [5, 5.41) is 0. The zero-order valence-electron chi connectivity index (χ0n) is 37.7. The van der Waals surface area contributed by atoms with E-state index in [1.165, 1.54) is 103 Å². The van der Waals surface area contributed by atoms with Crippen molar-refractivity contribution in [3.63, 3.8) is 0 Å². The lowest BCUT2D eigenvalue weighted by molar-refractivity contribution is -0.161. The maximum absolute atomic E-state index is 13.3. The van der Waals surface area contributed by atoms with Crippen LogP contribution in [0.3, 0.4) is 0 Å². The molecule has 0 bridgehead atoms. The highest BCUT2D eigenvalue weighted by molar-refractivity contribution is 5.78. The molecule has 2 unspecified atom stereocenters. The number of Topliss-reactive ketones (excluding diaryl/α,β-unsaturated/α-hetero) is 1. The van der Waals surface area contributed by atoms with Crippen LogP contribution in [0.2, 0.25) is 0 Å². The number of carbonyl (C=O) groups is 3. The molecule has 0 saturated carbocycles. The van der Waals surface area contributed by atoms with E-state index in [1.807, 2.05) is 27.7 Å². The van der Waals surface area contributed by atoms with Crippen molar-refractivity contribution >= 4 is 17.7 Å². The molecule has 0 aliphatic carbocycles. The lowest BCUT2D eigenvalue weighted by Crippen LogP contribution is -2.31. The van der Waals surface area contributed by atoms with Gasteiger partial charge in [0, 0.05) is 12.8 Å². The fraction of sp³-hybridized carbons (Fsp3) is 0.939. The Morgan fingerprint density at radius 1 is 0.370 bits per heavy atom. The summed E-state index contributed by atoms with van der Waals surface area (Å²) < 4.78 is 12.3. The van der Waals surface area contributed by atoms with E-state index in [2.05, 4.69) is 27.7 Å². The lowest BCUT2D eigenvalue weighted by atomic mass is 9.86. The summed E-state index contributed by atoms with van der Waals surface area (Å²) in [5.74, 6) is 0.252. The van der Waals surface area contributed by atoms with Crippen LogP contribution < -0.4 is 0 Å². The van der Waals surface area contributed by atoms with Gasteiger partial charge in [0.15, 0.2) is 0 Å². The smallest absolute Gasteiger partial charge is 0.311 e. The van der Waals surface area contributed by atoms with Crippen molar-refractivity contribution in [1.29, 1.82) is 0 Å². The zero-order valence-corrected chi connectivity index (χ0v) is 37.7. The molecule has 0 aliphatic rings. The molecule has 0 saturated heterocycles. The molecule has 5 nitrogen and oxygen atoms in total. The van der Waals surface area contributed by atoms with Crippen molar-refractivity contribution < 1.29 is 23.9 Å². The normalized spacial score (nSPS) is 13.2. The largest absolute Gasteiger partial charge is 0.462 e. The second-order valence-corrected chi connectivity index (χ2v) is 18.3. The number of hydrogen-bond donors (Lipinski definition) is 0. The van der Waals surface area contributed by atoms with Crippen molar-refractivity contribution in [3.05, 3.63) is 0 Å². The predicted molar refractivity (Wildman–Crippen MR) is 232 cm³/mol. The Bertz CT molecular complexity index is 823. The molecule has 0 spiro atoms. The minimum Gasteiger partial charge on any atom is -0.462 e. The lowest BCUT2D eigenvalue weighted by Gasteiger charge is -2.27. The van der Waals surface area contributed by atoms with Crippen LogP contribution in [-0.2, 0) is 23.9 Å². The molecular formula is C49H94O5. The van der Waals surface area contributed by atoms with E-state index >= 15 is 0 Å². The fourth-order valence-corrected chi connectivity index (χ4v) is 7.51. The first-order valence-corrected chi connectivity index (χ1v) is 23.9. The summed E-state index contributed by atoms with van der Waals surface area (Å²) in [6.07, 6.45) is 37.3. The third-order valence-corrected chi connectivity index (χ3v) is 11.7. The van der Waals surface area contributed by atoms with Crippen LogP contribution in [0.5, 0.6) is 0 Å². The van der Waals surface area contributed by atoms with E-state index in [1.54, 1.807) is 0 Å². The molecule has 0 N–H and O–H groups in total. The third-order valence-electron chi connectivity index (χ3n) is 11.7. The van der Waals surface area contributed by atoms with E-state index in [0.717, 1.165) is 103 Å². The average molecular weight is 763 g/mol. The quantitative estimate of drug-likeness (QED) is 0.0459. The summed E-state index contributed by atoms with van der Waals surface area (Å²) in [6.45, 7) is 17.1. The Balaban J connectivity index is 4.44. The van der Waals surface area contributed by atoms with Crippen molar-refractivity contribution in [3.8, 4) is 0 Å². The van der Waals surface area contributed by atoms with Crippen LogP contribution in [0.15, 0.2) is 0 Å². The first-order chi connectivity index (χ1) is 25.9. The van der Waals surface area contributed by atoms with Gasteiger partial charge < -0.3 is 9.47 Å². The van der Waals surface area contributed by atoms with Crippen LogP contribution in [0.1, 0.15) is 274 Å². The SMILES string of the molecule is CCCCCCCCC(CCCCCC)OC(=O)C(C)(C)CCCCCC(=O)CCCCCC(C)(C)C(=O)OC(CCCCCC)CCCCCCCC. The van der Waals surface area contributed by atoms with E-state index in [4.69, 9.17) is 9.47 Å². The van der Waals surface area contributed by atoms with Gasteiger partial charge in [-0.1, -0.05) is 156 Å². The van der Waals surface area contributed by atoms with Crippen LogP contribution in [0.25, 0.3) is 0 Å². The Labute approximate surface area is 337 Å². The van der Waals surface area contributed by atoms with Gasteiger partial charge in [-0.15, -0.1) is 0 Å². The summed E-state index contributed by atoms with van der Waals surface area (Å²) in [5.41, 5.74) is -0.979. The van der Waals surface area contributed by atoms with Gasteiger partial charge in [-0.3, -0.25) is 14.4 Å². The number of unbranched alkanes of at least 4 members (excludes halogenated alkanes) is 20. The van der Waals surface area contributed by atoms with Crippen LogP contribution in [-0.4, -0.2) is 29.9 Å². The van der Waals surface area contributed by atoms with Crippen molar-refractivity contribution in [2.75, 3.05) is 0 Å². The van der Waals surface area contributed by atoms with Crippen LogP contribution in [0.4, 0.5) is 0 Å². The standard InChI is InChI=1S/C49H94O5/c1-9-13-17-21-23-31-39-44(37-29-19-15-11-3)53-46(51)48(5,6)41-33-25-27-35-43(50)36-28-26-34-42-49(7,8)47(52)54-45(38-30-20-16-12-4)40-32-24-22-18-14-10-2/h44-45H,9-42H2,1-8H3. The van der Waals surface area contributed by atoms with Crippen LogP contribution >= 0.6 is 0 Å².